The molecule has 2 aliphatic rings. The number of aromatic nitrogens is 4. The molecule has 0 bridgehead atoms. The predicted octanol–water partition coefficient (Wildman–Crippen LogP) is -0.690. The highest BCUT2D eigenvalue weighted by Gasteiger charge is 2.59. The van der Waals surface area contributed by atoms with Gasteiger partial charge in [-0.2, -0.15) is 4.98 Å². The number of hydrogen-bond donors (Lipinski definition) is 3. The van der Waals surface area contributed by atoms with Gasteiger partial charge in [0, 0.05) is 18.1 Å². The average Bonchev–Trinajstić information content (AvgIpc) is 3.09. The summed E-state index contributed by atoms with van der Waals surface area (Å²) >= 11 is 9.36. The number of aliphatic hydroxyl groups is 1. The molecule has 1 unspecified atom stereocenters. The van der Waals surface area contributed by atoms with E-state index in [9.17, 15) is 10.2 Å². The zero-order valence-electron chi connectivity index (χ0n) is 11.3. The number of ether oxygens (including phenoxy) is 1. The second-order valence-corrected chi connectivity index (χ2v) is 10.3. The lowest BCUT2D eigenvalue weighted by Gasteiger charge is -2.22. The van der Waals surface area contributed by atoms with E-state index in [1.54, 1.807) is 0 Å². The number of nitrogens with zero attached hydrogens (tertiary/aromatic N) is 4. The van der Waals surface area contributed by atoms with Crippen LogP contribution in [0.3, 0.4) is 0 Å². The molecular formula is C10H11N5O5PS2-. The predicted molar refractivity (Wildman–Crippen MR) is 83.2 cm³/mol. The van der Waals surface area contributed by atoms with E-state index in [0.29, 0.717) is 0 Å². The summed E-state index contributed by atoms with van der Waals surface area (Å²) in [6.07, 6.45) is -3.85. The van der Waals surface area contributed by atoms with Crippen molar-refractivity contribution in [3.63, 3.8) is 0 Å². The molecule has 2 aromatic rings. The Hall–Kier alpha value is -0.880. The van der Waals surface area contributed by atoms with E-state index in [-0.39, 0.29) is 23.7 Å². The molecule has 5 atom stereocenters. The summed E-state index contributed by atoms with van der Waals surface area (Å²) in [6, 6.07) is 0. The first kappa shape index (κ1) is 15.6. The van der Waals surface area contributed by atoms with E-state index in [2.05, 4.69) is 27.2 Å². The summed E-state index contributed by atoms with van der Waals surface area (Å²) in [4.78, 5) is 11.6. The fourth-order valence-corrected chi connectivity index (χ4v) is 5.14. The molecule has 0 aromatic carbocycles. The first-order chi connectivity index (χ1) is 10.9. The summed E-state index contributed by atoms with van der Waals surface area (Å²) in [5.74, 6) is -0.747. The van der Waals surface area contributed by atoms with Crippen molar-refractivity contribution in [1.82, 2.24) is 19.5 Å². The van der Waals surface area contributed by atoms with Crippen LogP contribution in [0.15, 0.2) is 6.33 Å². The van der Waals surface area contributed by atoms with Gasteiger partial charge in [0.1, 0.15) is 11.6 Å². The molecule has 3 N–H and O–H groups in total. The average molecular weight is 376 g/mol. The normalized spacial score (nSPS) is 36.7. The fourth-order valence-electron chi connectivity index (χ4n) is 2.74. The SMILES string of the molecule is Nc1nc([O-])c2ncn([C@@H]3O[C@H](CO)[C@H]4O[P+]([S-])(S)O[C@H]43)c2n1. The molecule has 4 heterocycles. The number of rotatable bonds is 2. The maximum absolute atomic E-state index is 11.8. The summed E-state index contributed by atoms with van der Waals surface area (Å²) in [5, 5.41) is 21.3. The summed E-state index contributed by atoms with van der Waals surface area (Å²) in [6.45, 7) is -0.277. The van der Waals surface area contributed by atoms with E-state index in [0.717, 1.165) is 0 Å². The van der Waals surface area contributed by atoms with Gasteiger partial charge in [-0.1, -0.05) is 0 Å². The van der Waals surface area contributed by atoms with Crippen molar-refractivity contribution >= 4 is 47.7 Å². The largest absolute Gasteiger partial charge is 0.857 e. The van der Waals surface area contributed by atoms with Gasteiger partial charge in [-0.15, -0.1) is 0 Å². The van der Waals surface area contributed by atoms with E-state index in [1.807, 2.05) is 0 Å². The maximum atomic E-state index is 11.8. The van der Waals surface area contributed by atoms with Gasteiger partial charge in [0.2, 0.25) is 12.1 Å². The van der Waals surface area contributed by atoms with Crippen LogP contribution in [0, 0.1) is 0 Å². The first-order valence-corrected chi connectivity index (χ1v) is 10.3. The minimum atomic E-state index is -2.71. The molecular weight excluding hydrogens is 365 g/mol. The highest BCUT2D eigenvalue weighted by Crippen LogP contribution is 2.72. The zero-order chi connectivity index (χ0) is 16.4. The molecule has 2 aromatic heterocycles. The molecule has 0 radical (unpaired) electrons. The van der Waals surface area contributed by atoms with Gasteiger partial charge in [0.05, 0.1) is 12.9 Å². The van der Waals surface area contributed by atoms with Gasteiger partial charge in [-0.05, 0) is 0 Å². The van der Waals surface area contributed by atoms with Crippen molar-refractivity contribution in [1.29, 1.82) is 0 Å². The number of nitrogens with two attached hydrogens (primary N) is 1. The summed E-state index contributed by atoms with van der Waals surface area (Å²) in [7, 11) is 0. The third-order valence-corrected chi connectivity index (χ3v) is 5.76. The second-order valence-electron chi connectivity index (χ2n) is 5.07. The quantitative estimate of drug-likeness (QED) is 0.350. The Morgan fingerprint density at radius 2 is 2.17 bits per heavy atom. The van der Waals surface area contributed by atoms with Gasteiger partial charge in [0.25, 0.3) is 0 Å². The van der Waals surface area contributed by atoms with Crippen LogP contribution in [-0.2, 0) is 26.0 Å². The molecule has 0 saturated carbocycles. The summed E-state index contributed by atoms with van der Waals surface area (Å²) in [5.41, 5.74) is 5.81. The molecule has 0 spiro atoms. The lowest BCUT2D eigenvalue weighted by molar-refractivity contribution is -0.272. The molecule has 2 saturated heterocycles. The van der Waals surface area contributed by atoms with E-state index < -0.39 is 36.5 Å². The van der Waals surface area contributed by atoms with Crippen LogP contribution in [0.2, 0.25) is 0 Å². The van der Waals surface area contributed by atoms with Crippen LogP contribution in [0.1, 0.15) is 6.23 Å². The Bertz CT molecular complexity index is 775. The van der Waals surface area contributed by atoms with Crippen molar-refractivity contribution in [2.24, 2.45) is 0 Å². The van der Waals surface area contributed by atoms with Crippen LogP contribution in [0.5, 0.6) is 5.88 Å². The number of fused-ring (bicyclic) bond motifs is 2. The molecule has 124 valence electrons. The zero-order valence-corrected chi connectivity index (χ0v) is 13.9. The summed E-state index contributed by atoms with van der Waals surface area (Å²) < 4.78 is 18.5. The van der Waals surface area contributed by atoms with Crippen LogP contribution >= 0.6 is 18.4 Å². The van der Waals surface area contributed by atoms with Gasteiger partial charge in [-0.25, -0.2) is 19.0 Å². The standard InChI is InChI=1S/C10H12N5O5PS2/c11-10-13-7-4(8(17)14-10)12-2-15(7)9-6-5(3(1-16)18-9)19-21(22,23)20-6/h2-3,5-6,9,16H,1H2,(H,22,23)(H3,11,13,14,17)/p-1/t3-,5-,6-,9-/m1/s1. The molecule has 0 amide bonds. The van der Waals surface area contributed by atoms with E-state index in [4.69, 9.17) is 31.8 Å². The fraction of sp³-hybridized carbons (Fsp3) is 0.500. The number of hydrogen-bond acceptors (Lipinski definition) is 11. The van der Waals surface area contributed by atoms with Crippen LogP contribution in [0.25, 0.3) is 11.2 Å². The topological polar surface area (TPSA) is 141 Å². The molecule has 10 nitrogen and oxygen atoms in total. The van der Waals surface area contributed by atoms with Crippen molar-refractivity contribution in [2.45, 2.75) is 24.5 Å². The first-order valence-electron chi connectivity index (χ1n) is 6.52. The van der Waals surface area contributed by atoms with Crippen LogP contribution in [-0.4, -0.2) is 49.5 Å². The van der Waals surface area contributed by atoms with E-state index in [1.165, 1.54) is 10.9 Å². The molecule has 23 heavy (non-hydrogen) atoms. The van der Waals surface area contributed by atoms with E-state index >= 15 is 0 Å². The Morgan fingerprint density at radius 1 is 1.43 bits per heavy atom. The Kier molecular flexibility index (Phi) is 3.61. The highest BCUT2D eigenvalue weighted by molar-refractivity contribution is 8.76. The van der Waals surface area contributed by atoms with Gasteiger partial charge >= 0.3 is 0 Å². The van der Waals surface area contributed by atoms with Crippen LogP contribution in [0.4, 0.5) is 5.95 Å². The molecule has 13 heteroatoms. The minimum absolute atomic E-state index is 0.0658. The highest BCUT2D eigenvalue weighted by atomic mass is 33.1. The van der Waals surface area contributed by atoms with Crippen LogP contribution < -0.4 is 10.8 Å². The van der Waals surface area contributed by atoms with Crippen molar-refractivity contribution in [3.05, 3.63) is 6.33 Å². The van der Waals surface area contributed by atoms with Crippen molar-refractivity contribution in [2.75, 3.05) is 12.3 Å². The second kappa shape index (κ2) is 5.31. The Labute approximate surface area is 140 Å². The van der Waals surface area contributed by atoms with Crippen molar-refractivity contribution in [3.8, 4) is 5.88 Å². The number of anilines is 1. The van der Waals surface area contributed by atoms with Gasteiger partial charge in [-0.3, -0.25) is 4.57 Å². The third kappa shape index (κ3) is 2.45. The monoisotopic (exact) mass is 376 g/mol. The van der Waals surface area contributed by atoms with Gasteiger partial charge in [0.15, 0.2) is 24.1 Å². The lowest BCUT2D eigenvalue weighted by atomic mass is 10.1. The molecule has 4 rings (SSSR count). The number of aliphatic hydroxyl groups excluding tert-OH is 1. The lowest BCUT2D eigenvalue weighted by Crippen LogP contribution is -2.30. The Balaban J connectivity index is 1.79. The minimum Gasteiger partial charge on any atom is -0.857 e. The smallest absolute Gasteiger partial charge is 0.221 e. The maximum Gasteiger partial charge on any atom is 0.221 e. The number of imidazole rings is 1. The third-order valence-electron chi connectivity index (χ3n) is 3.66. The molecule has 0 aliphatic carbocycles. The molecule has 2 aliphatic heterocycles. The Morgan fingerprint density at radius 3 is 2.91 bits per heavy atom. The van der Waals surface area contributed by atoms with Crippen molar-refractivity contribution < 1.29 is 24.0 Å². The number of thiol groups is 1. The molecule has 2 fully saturated rings. The number of nitrogen functional groups attached to an aromatic ring is 1. The van der Waals surface area contributed by atoms with Gasteiger partial charge < -0.3 is 32.9 Å².